The molecule has 0 unspecified atom stereocenters. The molecule has 0 aliphatic heterocycles. The van der Waals surface area contributed by atoms with E-state index < -0.39 is 14.7 Å². The van der Waals surface area contributed by atoms with Gasteiger partial charge in [-0.2, -0.15) is 0 Å². The summed E-state index contributed by atoms with van der Waals surface area (Å²) in [6, 6.07) is 0. The monoisotopic (exact) mass is 149 g/mol. The van der Waals surface area contributed by atoms with E-state index in [1.807, 2.05) is 0 Å². The molecule has 4 heteroatoms. The van der Waals surface area contributed by atoms with Crippen molar-refractivity contribution in [2.75, 3.05) is 0 Å². The van der Waals surface area contributed by atoms with Crippen LogP contribution in [0.5, 0.6) is 0 Å². The molecule has 0 aromatic carbocycles. The fourth-order valence-corrected chi connectivity index (χ4v) is 0. The van der Waals surface area contributed by atoms with Gasteiger partial charge in [-0.15, -0.1) is 0 Å². The molecule has 0 amide bonds. The van der Waals surface area contributed by atoms with Crippen LogP contribution in [-0.4, -0.2) is 4.25 Å². The minimum absolute atomic E-state index is 0. The van der Waals surface area contributed by atoms with Crippen LogP contribution < -0.4 is 0 Å². The third-order valence-corrected chi connectivity index (χ3v) is 0. The quantitative estimate of drug-likeness (QED) is 0.465. The average molecular weight is 150 g/mol. The zero-order valence-electron chi connectivity index (χ0n) is 1.49. The van der Waals surface area contributed by atoms with Crippen LogP contribution in [0, 0.1) is 0 Å². The van der Waals surface area contributed by atoms with Crippen LogP contribution in [0.2, 0.25) is 0 Å². The van der Waals surface area contributed by atoms with E-state index in [1.54, 1.807) is 0 Å². The third-order valence-electron chi connectivity index (χ3n) is 0. The molecule has 0 radical (unpaired) electrons. The molecule has 0 rings (SSSR count). The van der Waals surface area contributed by atoms with Crippen molar-refractivity contribution in [2.45, 2.75) is 0 Å². The maximum absolute atomic E-state index is 8.42. The Morgan fingerprint density at radius 3 is 1.75 bits per heavy atom. The van der Waals surface area contributed by atoms with Crippen molar-refractivity contribution in [3.8, 4) is 0 Å². The van der Waals surface area contributed by atoms with E-state index in [2.05, 4.69) is 0 Å². The molecule has 0 aromatic rings. The SMILES string of the molecule is [Ni].[O]=[Ni][OH]. The fraction of sp³-hybridized carbons (Fsp3) is 0. The second-order valence-electron chi connectivity index (χ2n) is 0.0577. The van der Waals surface area contributed by atoms with Crippen LogP contribution in [0.3, 0.4) is 0 Å². The summed E-state index contributed by atoms with van der Waals surface area (Å²) in [7, 11) is 0. The molecule has 0 aromatic heterocycles. The fourth-order valence-electron chi connectivity index (χ4n) is 0. The van der Waals surface area contributed by atoms with Crippen molar-refractivity contribution in [1.82, 2.24) is 0 Å². The van der Waals surface area contributed by atoms with Gasteiger partial charge in [0, 0.05) is 16.5 Å². The van der Waals surface area contributed by atoms with E-state index in [4.69, 9.17) is 8.15 Å². The first-order valence-corrected chi connectivity index (χ1v) is 1.12. The van der Waals surface area contributed by atoms with Gasteiger partial charge in [0.15, 0.2) is 0 Å². The molecule has 0 spiro atoms. The Hall–Kier alpha value is 0.747. The molecule has 0 heterocycles. The van der Waals surface area contributed by atoms with Crippen LogP contribution in [-0.2, 0) is 35.1 Å². The summed E-state index contributed by atoms with van der Waals surface area (Å²) in [5, 5.41) is 0. The van der Waals surface area contributed by atoms with E-state index in [0.29, 0.717) is 0 Å². The van der Waals surface area contributed by atoms with E-state index >= 15 is 0 Å². The summed E-state index contributed by atoms with van der Waals surface area (Å²) in [6.07, 6.45) is 0. The molecular formula is HNi2O2. The van der Waals surface area contributed by atoms with Gasteiger partial charge < -0.3 is 0 Å². The van der Waals surface area contributed by atoms with Gasteiger partial charge >= 0.3 is 22.8 Å². The van der Waals surface area contributed by atoms with Gasteiger partial charge in [0.1, 0.15) is 0 Å². The number of rotatable bonds is 0. The van der Waals surface area contributed by atoms with Crippen molar-refractivity contribution in [3.05, 3.63) is 0 Å². The number of hydrogen-bond acceptors (Lipinski definition) is 1. The van der Waals surface area contributed by atoms with E-state index in [-0.39, 0.29) is 16.5 Å². The van der Waals surface area contributed by atoms with Crippen molar-refractivity contribution in [2.24, 2.45) is 0 Å². The Morgan fingerprint density at radius 2 is 1.75 bits per heavy atom. The van der Waals surface area contributed by atoms with Gasteiger partial charge in [0.25, 0.3) is 0 Å². The molecule has 0 aliphatic carbocycles. The average Bonchev–Trinajstić information content (AvgIpc) is 0.918. The summed E-state index contributed by atoms with van der Waals surface area (Å²) in [6.45, 7) is 0. The first-order valence-electron chi connectivity index (χ1n) is 0.271. The molecule has 0 aliphatic rings. The topological polar surface area (TPSA) is 37.3 Å². The Labute approximate surface area is 39.8 Å². The van der Waals surface area contributed by atoms with Crippen molar-refractivity contribution < 1.29 is 39.3 Å². The molecule has 0 bridgehead atoms. The van der Waals surface area contributed by atoms with Gasteiger partial charge in [-0.25, -0.2) is 0 Å². The Kier molecular flexibility index (Phi) is 20.5. The van der Waals surface area contributed by atoms with Crippen LogP contribution in [0.25, 0.3) is 0 Å². The van der Waals surface area contributed by atoms with E-state index in [0.717, 1.165) is 0 Å². The molecule has 33 valence electrons. The summed E-state index contributed by atoms with van der Waals surface area (Å²) in [5.41, 5.74) is 0. The first-order chi connectivity index (χ1) is 1.41. The van der Waals surface area contributed by atoms with Gasteiger partial charge in [0.2, 0.25) is 0 Å². The normalized spacial score (nSPS) is 5.25. The zero-order valence-corrected chi connectivity index (χ0v) is 3.46. The Bertz CT molecular complexity index is 11.5. The maximum atomic E-state index is 8.42. The van der Waals surface area contributed by atoms with Crippen molar-refractivity contribution >= 4 is 0 Å². The van der Waals surface area contributed by atoms with E-state index in [1.165, 1.54) is 0 Å². The molecule has 0 saturated heterocycles. The van der Waals surface area contributed by atoms with Crippen LogP contribution in [0.1, 0.15) is 0 Å². The summed E-state index contributed by atoms with van der Waals surface area (Å²) >= 11 is -0.625. The van der Waals surface area contributed by atoms with Crippen molar-refractivity contribution in [3.63, 3.8) is 0 Å². The standard InChI is InChI=1S/2Ni.H2O.O/h;;1H2;/q;+1;;/p-1. The van der Waals surface area contributed by atoms with Gasteiger partial charge in [-0.05, 0) is 0 Å². The molecule has 0 fully saturated rings. The van der Waals surface area contributed by atoms with Gasteiger partial charge in [0.05, 0.1) is 0 Å². The van der Waals surface area contributed by atoms with Crippen LogP contribution in [0.4, 0.5) is 0 Å². The summed E-state index contributed by atoms with van der Waals surface area (Å²) < 4.78 is 15.4. The molecule has 0 saturated carbocycles. The second kappa shape index (κ2) is 9.26. The molecule has 2 nitrogen and oxygen atoms in total. The second-order valence-corrected chi connectivity index (χ2v) is 0.238. The summed E-state index contributed by atoms with van der Waals surface area (Å²) in [4.78, 5) is 0. The van der Waals surface area contributed by atoms with Crippen LogP contribution >= 0.6 is 0 Å². The van der Waals surface area contributed by atoms with Gasteiger partial charge in [-0.1, -0.05) is 0 Å². The van der Waals surface area contributed by atoms with E-state index in [9.17, 15) is 0 Å². The molecule has 4 heavy (non-hydrogen) atoms. The zero-order chi connectivity index (χ0) is 2.71. The third kappa shape index (κ3) is 15.0. The first kappa shape index (κ1) is 8.83. The number of hydrogen-bond donors (Lipinski definition) is 1. The minimum atomic E-state index is -0.625. The predicted molar refractivity (Wildman–Crippen MR) is 2.91 cm³/mol. The molecule has 1 N–H and O–H groups in total. The predicted octanol–water partition coefficient (Wildman–Crippen LogP) is -0.681. The Balaban J connectivity index is 0. The molecule has 0 atom stereocenters. The van der Waals surface area contributed by atoms with Crippen LogP contribution in [0.15, 0.2) is 0 Å². The Morgan fingerprint density at radius 1 is 1.75 bits per heavy atom. The molecular weight excluding hydrogens is 149 g/mol. The summed E-state index contributed by atoms with van der Waals surface area (Å²) in [5.74, 6) is 0. The van der Waals surface area contributed by atoms with Gasteiger partial charge in [-0.3, -0.25) is 0 Å². The van der Waals surface area contributed by atoms with Crippen molar-refractivity contribution in [1.29, 1.82) is 0 Å².